The van der Waals surface area contributed by atoms with Gasteiger partial charge in [-0.15, -0.1) is 0 Å². The van der Waals surface area contributed by atoms with Crippen molar-refractivity contribution < 1.29 is 27.0 Å². The lowest BCUT2D eigenvalue weighted by molar-refractivity contribution is -0.865. The molecule has 38 heavy (non-hydrogen) atoms. The Morgan fingerprint density at radius 1 is 1.08 bits per heavy atom. The van der Waals surface area contributed by atoms with Gasteiger partial charge in [0, 0.05) is 23.1 Å². The molecule has 3 rings (SSSR count). The summed E-state index contributed by atoms with van der Waals surface area (Å²) in [6, 6.07) is 13.4. The number of carbonyl (C=O) groups is 2. The molecule has 0 spiro atoms. The summed E-state index contributed by atoms with van der Waals surface area (Å²) in [6.07, 6.45) is 0.775. The Bertz CT molecular complexity index is 1410. The molecule has 3 N–H and O–H groups in total. The second-order valence-electron chi connectivity index (χ2n) is 10.2. The molecule has 0 bridgehead atoms. The molecule has 0 aliphatic carbocycles. The molecule has 0 saturated carbocycles. The maximum absolute atomic E-state index is 13.3. The summed E-state index contributed by atoms with van der Waals surface area (Å²) in [6.45, 7) is 9.53. The normalized spacial score (nSPS) is 14.2. The smallest absolute Gasteiger partial charge is 0.314 e. The predicted molar refractivity (Wildman–Crippen MR) is 146 cm³/mol. The van der Waals surface area contributed by atoms with Gasteiger partial charge >= 0.3 is 5.91 Å². The number of nitrogens with one attached hydrogen (secondary N) is 1. The number of quaternary nitrogens is 1. The summed E-state index contributed by atoms with van der Waals surface area (Å²) in [7, 11) is -2.21. The molecule has 2 aromatic carbocycles. The van der Waals surface area contributed by atoms with E-state index in [1.807, 2.05) is 38.1 Å². The van der Waals surface area contributed by atoms with E-state index >= 15 is 0 Å². The highest BCUT2D eigenvalue weighted by molar-refractivity contribution is 7.92. The van der Waals surface area contributed by atoms with Crippen molar-refractivity contribution in [1.29, 1.82) is 0 Å². The van der Waals surface area contributed by atoms with Crippen molar-refractivity contribution in [2.24, 2.45) is 11.7 Å². The van der Waals surface area contributed by atoms with Crippen LogP contribution in [0.4, 0.5) is 5.88 Å². The van der Waals surface area contributed by atoms with Crippen LogP contribution in [0.5, 0.6) is 0 Å². The van der Waals surface area contributed by atoms with Crippen molar-refractivity contribution in [1.82, 2.24) is 5.16 Å². The molecule has 0 aliphatic heterocycles. The number of likely N-dealkylation sites (N-methyl/N-ethyl adjacent to an activating group) is 1. The molecule has 1 aromatic heterocycles. The quantitative estimate of drug-likeness (QED) is 0.343. The molecule has 10 heteroatoms. The number of nitrogens with two attached hydrogens (primary N) is 1. The van der Waals surface area contributed by atoms with E-state index in [4.69, 9.17) is 10.3 Å². The molecular formula is C28H37N4O5S+. The van der Waals surface area contributed by atoms with Gasteiger partial charge < -0.3 is 10.3 Å². The molecular weight excluding hydrogens is 504 g/mol. The standard InChI is InChI=1S/C28H36N4O5S/c1-7-26(33)32(6,24(27(29)34)16-18(2)3)17-21-12-14-22(15-13-21)23-10-8-9-11-25(23)38(35,36)31-28-19(4)20(5)30-37-28/h8-15,18,24H,7,16-17H2,1-6H3,(H2-,29,30,31,34)/p+1/t24-,32?/m0/s1. The summed E-state index contributed by atoms with van der Waals surface area (Å²) in [4.78, 5) is 25.6. The minimum Gasteiger partial charge on any atom is -0.364 e. The van der Waals surface area contributed by atoms with Gasteiger partial charge in [-0.05, 0) is 31.4 Å². The number of aryl methyl sites for hydroxylation is 1. The second-order valence-corrected chi connectivity index (χ2v) is 11.9. The van der Waals surface area contributed by atoms with Crippen molar-refractivity contribution in [3.63, 3.8) is 0 Å². The number of carbonyl (C=O) groups excluding carboxylic acids is 2. The number of anilines is 1. The average Bonchev–Trinajstić information content (AvgIpc) is 3.18. The molecule has 1 unspecified atom stereocenters. The van der Waals surface area contributed by atoms with Gasteiger partial charge in [0.2, 0.25) is 5.88 Å². The molecule has 0 aliphatic rings. The summed E-state index contributed by atoms with van der Waals surface area (Å²) in [5, 5.41) is 3.81. The Kier molecular flexibility index (Phi) is 8.79. The van der Waals surface area contributed by atoms with Gasteiger partial charge in [0.25, 0.3) is 15.9 Å². The van der Waals surface area contributed by atoms with E-state index in [1.165, 1.54) is 6.07 Å². The van der Waals surface area contributed by atoms with Crippen LogP contribution in [-0.2, 0) is 26.2 Å². The summed E-state index contributed by atoms with van der Waals surface area (Å²) in [5.74, 6) is -0.299. The van der Waals surface area contributed by atoms with Crippen LogP contribution in [0.25, 0.3) is 11.1 Å². The topological polar surface area (TPSA) is 132 Å². The number of hydrogen-bond donors (Lipinski definition) is 2. The van der Waals surface area contributed by atoms with Crippen molar-refractivity contribution in [2.75, 3.05) is 11.8 Å². The average molecular weight is 542 g/mol. The molecule has 2 atom stereocenters. The lowest BCUT2D eigenvalue weighted by Crippen LogP contribution is -2.60. The van der Waals surface area contributed by atoms with E-state index in [0.29, 0.717) is 35.3 Å². The number of amides is 2. The third-order valence-electron chi connectivity index (χ3n) is 6.92. The Labute approximate surface area is 224 Å². The van der Waals surface area contributed by atoms with Crippen molar-refractivity contribution in [3.05, 3.63) is 65.4 Å². The first-order chi connectivity index (χ1) is 17.8. The summed E-state index contributed by atoms with van der Waals surface area (Å²) < 4.78 is 34.1. The Hall–Kier alpha value is -3.50. The monoisotopic (exact) mass is 541 g/mol. The van der Waals surface area contributed by atoms with E-state index in [9.17, 15) is 18.0 Å². The minimum absolute atomic E-state index is 0.0704. The van der Waals surface area contributed by atoms with Gasteiger partial charge in [-0.3, -0.25) is 4.79 Å². The van der Waals surface area contributed by atoms with Crippen LogP contribution in [-0.4, -0.2) is 43.0 Å². The van der Waals surface area contributed by atoms with Gasteiger partial charge in [0.15, 0.2) is 6.04 Å². The fourth-order valence-electron chi connectivity index (χ4n) is 4.61. The van der Waals surface area contributed by atoms with Crippen LogP contribution in [0, 0.1) is 19.8 Å². The van der Waals surface area contributed by atoms with E-state index in [2.05, 4.69) is 9.88 Å². The Morgan fingerprint density at radius 3 is 2.24 bits per heavy atom. The summed E-state index contributed by atoms with van der Waals surface area (Å²) >= 11 is 0. The molecule has 204 valence electrons. The number of benzene rings is 2. The number of rotatable bonds is 11. The van der Waals surface area contributed by atoms with Gasteiger partial charge in [-0.2, -0.15) is 0 Å². The first-order valence-electron chi connectivity index (χ1n) is 12.6. The second kappa shape index (κ2) is 11.5. The highest BCUT2D eigenvalue weighted by Gasteiger charge is 2.43. The zero-order valence-electron chi connectivity index (χ0n) is 22.8. The highest BCUT2D eigenvalue weighted by atomic mass is 32.2. The number of hydrogen-bond acceptors (Lipinski definition) is 6. The Balaban J connectivity index is 1.95. The minimum atomic E-state index is -3.97. The first-order valence-corrected chi connectivity index (χ1v) is 14.1. The van der Waals surface area contributed by atoms with Crippen LogP contribution in [0.15, 0.2) is 57.9 Å². The first kappa shape index (κ1) is 29.1. The Morgan fingerprint density at radius 2 is 1.71 bits per heavy atom. The van der Waals surface area contributed by atoms with Crippen LogP contribution in [0.3, 0.4) is 0 Å². The van der Waals surface area contributed by atoms with Gasteiger partial charge in [-0.1, -0.05) is 68.4 Å². The van der Waals surface area contributed by atoms with Crippen LogP contribution in [0.2, 0.25) is 0 Å². The third kappa shape index (κ3) is 6.14. The van der Waals surface area contributed by atoms with E-state index in [0.717, 1.165) is 5.56 Å². The summed E-state index contributed by atoms with van der Waals surface area (Å²) in [5.41, 5.74) is 9.01. The SMILES string of the molecule is CCC(=O)[N+](C)(Cc1ccc(-c2ccccc2S(=O)(=O)Nc2onc(C)c2C)cc1)[C@@H](CC(C)C)C(N)=O. The molecule has 2 amide bonds. The number of aromatic nitrogens is 1. The van der Waals surface area contributed by atoms with Crippen molar-refractivity contribution in [2.45, 2.75) is 64.9 Å². The zero-order chi connectivity index (χ0) is 28.3. The third-order valence-corrected chi connectivity index (χ3v) is 8.31. The molecule has 9 nitrogen and oxygen atoms in total. The molecule has 1 heterocycles. The lowest BCUT2D eigenvalue weighted by Gasteiger charge is -2.38. The van der Waals surface area contributed by atoms with Crippen LogP contribution < -0.4 is 10.5 Å². The largest absolute Gasteiger partial charge is 0.364 e. The molecule has 0 fully saturated rings. The van der Waals surface area contributed by atoms with Gasteiger partial charge in [-0.25, -0.2) is 22.4 Å². The lowest BCUT2D eigenvalue weighted by atomic mass is 9.97. The van der Waals surface area contributed by atoms with E-state index < -0.39 is 22.0 Å². The number of nitrogens with zero attached hydrogens (tertiary/aromatic N) is 2. The van der Waals surface area contributed by atoms with Gasteiger partial charge in [0.1, 0.15) is 6.54 Å². The van der Waals surface area contributed by atoms with Crippen LogP contribution >= 0.6 is 0 Å². The maximum Gasteiger partial charge on any atom is 0.314 e. The molecule has 3 aromatic rings. The maximum atomic E-state index is 13.3. The number of primary amides is 1. The molecule has 0 radical (unpaired) electrons. The number of sulfonamides is 1. The van der Waals surface area contributed by atoms with E-state index in [1.54, 1.807) is 46.0 Å². The van der Waals surface area contributed by atoms with Crippen molar-refractivity contribution >= 4 is 27.7 Å². The fraction of sp³-hybridized carbons (Fsp3) is 0.393. The highest BCUT2D eigenvalue weighted by Crippen LogP contribution is 2.31. The zero-order valence-corrected chi connectivity index (χ0v) is 23.6. The van der Waals surface area contributed by atoms with E-state index in [-0.39, 0.29) is 33.5 Å². The van der Waals surface area contributed by atoms with Gasteiger partial charge in [0.05, 0.1) is 24.1 Å². The fourth-order valence-corrected chi connectivity index (χ4v) is 5.88. The molecule has 0 saturated heterocycles. The predicted octanol–water partition coefficient (Wildman–Crippen LogP) is 4.54. The van der Waals surface area contributed by atoms with Crippen LogP contribution in [0.1, 0.15) is 50.4 Å². The van der Waals surface area contributed by atoms with Crippen molar-refractivity contribution in [3.8, 4) is 11.1 Å².